The number of nitrogens with one attached hydrogen (secondary N) is 1. The number of hydrogen-bond acceptors (Lipinski definition) is 6. The van der Waals surface area contributed by atoms with Gasteiger partial charge in [-0.15, -0.1) is 10.2 Å². The van der Waals surface area contributed by atoms with Crippen LogP contribution in [0.15, 0.2) is 57.7 Å². The molecule has 2 aromatic carbocycles. The molecule has 168 valence electrons. The highest BCUT2D eigenvalue weighted by atomic mass is 35.5. The molecular formula is C24H22ClN5O3. The van der Waals surface area contributed by atoms with E-state index < -0.39 is 0 Å². The second-order valence-electron chi connectivity index (χ2n) is 8.14. The van der Waals surface area contributed by atoms with Crippen molar-refractivity contribution in [1.29, 1.82) is 0 Å². The van der Waals surface area contributed by atoms with Crippen LogP contribution in [0.1, 0.15) is 37.4 Å². The highest BCUT2D eigenvalue weighted by molar-refractivity contribution is 6.30. The molecule has 0 unspecified atom stereocenters. The van der Waals surface area contributed by atoms with Gasteiger partial charge in [-0.2, -0.15) is 0 Å². The molecule has 0 radical (unpaired) electrons. The summed E-state index contributed by atoms with van der Waals surface area (Å²) in [4.78, 5) is 34.3. The maximum Gasteiger partial charge on any atom is 0.258 e. The molecule has 1 amide bonds. The SMILES string of the molecule is O=C(CCCc1nc2ccccc2c(=O)[nH]1)N(Cc1nnc(-c2ccc(Cl)cc2)o1)C1CC1. The number of nitrogens with zero attached hydrogens (tertiary/aromatic N) is 4. The molecule has 1 saturated carbocycles. The molecule has 1 N–H and O–H groups in total. The van der Waals surface area contributed by atoms with Crippen molar-refractivity contribution in [1.82, 2.24) is 25.1 Å². The van der Waals surface area contributed by atoms with Crippen molar-refractivity contribution in [2.45, 2.75) is 44.7 Å². The first-order valence-electron chi connectivity index (χ1n) is 10.9. The Morgan fingerprint density at radius 2 is 1.91 bits per heavy atom. The summed E-state index contributed by atoms with van der Waals surface area (Å²) < 4.78 is 5.79. The standard InChI is InChI=1S/C24H22ClN5O3/c25-16-10-8-15(9-11-16)24-29-28-21(33-24)14-30(17-12-13-17)22(31)7-3-6-20-26-19-5-2-1-4-18(19)23(32)27-20/h1-2,4-5,8-11,17H,3,6-7,12-14H2,(H,26,27,32). The van der Waals surface area contributed by atoms with Crippen LogP contribution in [0, 0.1) is 0 Å². The summed E-state index contributed by atoms with van der Waals surface area (Å²) in [5.41, 5.74) is 1.28. The molecule has 0 bridgehead atoms. The van der Waals surface area contributed by atoms with Gasteiger partial charge in [0.05, 0.1) is 17.4 Å². The van der Waals surface area contributed by atoms with Crippen molar-refractivity contribution in [2.24, 2.45) is 0 Å². The average molecular weight is 464 g/mol. The van der Waals surface area contributed by atoms with E-state index in [1.807, 2.05) is 35.2 Å². The Hall–Kier alpha value is -3.52. The predicted molar refractivity (Wildman–Crippen MR) is 124 cm³/mol. The van der Waals surface area contributed by atoms with Gasteiger partial charge in [0, 0.05) is 29.5 Å². The number of para-hydroxylation sites is 1. The number of hydrogen-bond donors (Lipinski definition) is 1. The van der Waals surface area contributed by atoms with Crippen LogP contribution >= 0.6 is 11.6 Å². The smallest absolute Gasteiger partial charge is 0.258 e. The van der Waals surface area contributed by atoms with Crippen LogP contribution in [-0.4, -0.2) is 37.0 Å². The molecule has 9 heteroatoms. The lowest BCUT2D eigenvalue weighted by atomic mass is 10.2. The van der Waals surface area contributed by atoms with Gasteiger partial charge in [0.15, 0.2) is 0 Å². The Bertz CT molecular complexity index is 1340. The van der Waals surface area contributed by atoms with Crippen molar-refractivity contribution in [3.63, 3.8) is 0 Å². The Morgan fingerprint density at radius 3 is 2.70 bits per heavy atom. The first-order chi connectivity index (χ1) is 16.1. The van der Waals surface area contributed by atoms with Crippen molar-refractivity contribution >= 4 is 28.4 Å². The van der Waals surface area contributed by atoms with E-state index in [2.05, 4.69) is 20.2 Å². The molecule has 1 aliphatic rings. The first kappa shape index (κ1) is 21.3. The highest BCUT2D eigenvalue weighted by Crippen LogP contribution is 2.30. The van der Waals surface area contributed by atoms with E-state index in [9.17, 15) is 9.59 Å². The molecular weight excluding hydrogens is 442 g/mol. The molecule has 1 fully saturated rings. The number of benzene rings is 2. The van der Waals surface area contributed by atoms with Gasteiger partial charge < -0.3 is 14.3 Å². The van der Waals surface area contributed by atoms with Gasteiger partial charge >= 0.3 is 0 Å². The molecule has 1 aliphatic carbocycles. The van der Waals surface area contributed by atoms with E-state index in [0.29, 0.717) is 52.8 Å². The van der Waals surface area contributed by atoms with Crippen molar-refractivity contribution < 1.29 is 9.21 Å². The molecule has 0 saturated heterocycles. The maximum absolute atomic E-state index is 12.9. The summed E-state index contributed by atoms with van der Waals surface area (Å²) in [5, 5.41) is 9.42. The molecule has 0 atom stereocenters. The number of aromatic nitrogens is 4. The summed E-state index contributed by atoms with van der Waals surface area (Å²) in [6.45, 7) is 0.287. The van der Waals surface area contributed by atoms with E-state index in [-0.39, 0.29) is 24.1 Å². The van der Waals surface area contributed by atoms with Crippen LogP contribution in [-0.2, 0) is 17.8 Å². The van der Waals surface area contributed by atoms with Gasteiger partial charge in [-0.1, -0.05) is 23.7 Å². The minimum Gasteiger partial charge on any atom is -0.419 e. The number of fused-ring (bicyclic) bond motifs is 1. The fourth-order valence-electron chi connectivity index (χ4n) is 3.78. The number of aryl methyl sites for hydroxylation is 1. The fourth-order valence-corrected chi connectivity index (χ4v) is 3.91. The molecule has 33 heavy (non-hydrogen) atoms. The summed E-state index contributed by atoms with van der Waals surface area (Å²) >= 11 is 5.93. The first-order valence-corrected chi connectivity index (χ1v) is 11.3. The topological polar surface area (TPSA) is 105 Å². The monoisotopic (exact) mass is 463 g/mol. The maximum atomic E-state index is 12.9. The zero-order chi connectivity index (χ0) is 22.8. The van der Waals surface area contributed by atoms with Crippen molar-refractivity contribution in [2.75, 3.05) is 0 Å². The van der Waals surface area contributed by atoms with Gasteiger partial charge in [-0.25, -0.2) is 4.98 Å². The van der Waals surface area contributed by atoms with Gasteiger partial charge in [-0.3, -0.25) is 9.59 Å². The van der Waals surface area contributed by atoms with Crippen LogP contribution in [0.4, 0.5) is 0 Å². The summed E-state index contributed by atoms with van der Waals surface area (Å²) in [6, 6.07) is 14.6. The number of aromatic amines is 1. The van der Waals surface area contributed by atoms with E-state index in [1.165, 1.54) is 0 Å². The minimum atomic E-state index is -0.158. The van der Waals surface area contributed by atoms with Crippen LogP contribution in [0.2, 0.25) is 5.02 Å². The third kappa shape index (κ3) is 4.96. The summed E-state index contributed by atoms with van der Waals surface area (Å²) in [6.07, 6.45) is 3.41. The predicted octanol–water partition coefficient (Wildman–Crippen LogP) is 4.14. The highest BCUT2D eigenvalue weighted by Gasteiger charge is 2.33. The molecule has 0 spiro atoms. The Kier molecular flexibility index (Phi) is 5.92. The zero-order valence-corrected chi connectivity index (χ0v) is 18.6. The Balaban J connectivity index is 1.21. The number of rotatable bonds is 8. The van der Waals surface area contributed by atoms with E-state index >= 15 is 0 Å². The van der Waals surface area contributed by atoms with Gasteiger partial charge in [0.2, 0.25) is 17.7 Å². The van der Waals surface area contributed by atoms with Gasteiger partial charge in [0.1, 0.15) is 5.82 Å². The van der Waals surface area contributed by atoms with Crippen molar-refractivity contribution in [3.8, 4) is 11.5 Å². The van der Waals surface area contributed by atoms with Crippen LogP contribution in [0.25, 0.3) is 22.4 Å². The van der Waals surface area contributed by atoms with E-state index in [4.69, 9.17) is 16.0 Å². The molecule has 8 nitrogen and oxygen atoms in total. The van der Waals surface area contributed by atoms with E-state index in [0.717, 1.165) is 18.4 Å². The molecule has 2 heterocycles. The third-order valence-electron chi connectivity index (χ3n) is 5.64. The normalized spacial score (nSPS) is 13.4. The third-order valence-corrected chi connectivity index (χ3v) is 5.89. The molecule has 0 aliphatic heterocycles. The summed E-state index contributed by atoms with van der Waals surface area (Å²) in [5.74, 6) is 1.43. The lowest BCUT2D eigenvalue weighted by Gasteiger charge is -2.20. The number of halogens is 1. The molecule has 4 aromatic rings. The Morgan fingerprint density at radius 1 is 1.12 bits per heavy atom. The molecule has 5 rings (SSSR count). The van der Waals surface area contributed by atoms with Crippen LogP contribution in [0.3, 0.4) is 0 Å². The number of carbonyl (C=O) groups excluding carboxylic acids is 1. The number of amides is 1. The van der Waals surface area contributed by atoms with Crippen LogP contribution in [0.5, 0.6) is 0 Å². The number of carbonyl (C=O) groups is 1. The van der Waals surface area contributed by atoms with Crippen molar-refractivity contribution in [3.05, 3.63) is 75.6 Å². The van der Waals surface area contributed by atoms with E-state index in [1.54, 1.807) is 18.2 Å². The largest absolute Gasteiger partial charge is 0.419 e. The number of H-pyrrole nitrogens is 1. The lowest BCUT2D eigenvalue weighted by Crippen LogP contribution is -2.32. The zero-order valence-electron chi connectivity index (χ0n) is 17.8. The second kappa shape index (κ2) is 9.15. The fraction of sp³-hybridized carbons (Fsp3) is 0.292. The average Bonchev–Trinajstić information content (AvgIpc) is 3.55. The van der Waals surface area contributed by atoms with Crippen LogP contribution < -0.4 is 5.56 Å². The van der Waals surface area contributed by atoms with Gasteiger partial charge in [-0.05, 0) is 55.7 Å². The Labute approximate surface area is 194 Å². The molecule has 2 aromatic heterocycles. The summed E-state index contributed by atoms with van der Waals surface area (Å²) in [7, 11) is 0. The lowest BCUT2D eigenvalue weighted by molar-refractivity contribution is -0.132. The quantitative estimate of drug-likeness (QED) is 0.421. The second-order valence-corrected chi connectivity index (χ2v) is 8.58. The minimum absolute atomic E-state index is 0.0341. The van der Waals surface area contributed by atoms with Gasteiger partial charge in [0.25, 0.3) is 5.56 Å².